The lowest BCUT2D eigenvalue weighted by Gasteiger charge is -2.27. The van der Waals surface area contributed by atoms with Crippen molar-refractivity contribution in [3.05, 3.63) is 29.3 Å². The molecule has 3 nitrogen and oxygen atoms in total. The molecule has 0 saturated carbocycles. The molecule has 2 atom stereocenters. The topological polar surface area (TPSA) is 41.1 Å². The molecule has 1 aromatic rings. The van der Waals surface area contributed by atoms with Crippen LogP contribution in [0, 0.1) is 12.8 Å². The van der Waals surface area contributed by atoms with Crippen molar-refractivity contribution in [1.29, 1.82) is 0 Å². The molecule has 3 heteroatoms. The molecule has 1 amide bonds. The first-order valence-electron chi connectivity index (χ1n) is 7.93. The van der Waals surface area contributed by atoms with Crippen LogP contribution in [0.3, 0.4) is 0 Å². The highest BCUT2D eigenvalue weighted by molar-refractivity contribution is 5.95. The summed E-state index contributed by atoms with van der Waals surface area (Å²) < 4.78 is 0. The van der Waals surface area contributed by atoms with Crippen molar-refractivity contribution in [2.24, 2.45) is 5.92 Å². The molecule has 1 aromatic carbocycles. The summed E-state index contributed by atoms with van der Waals surface area (Å²) >= 11 is 0. The second-order valence-electron chi connectivity index (χ2n) is 7.41. The Kier molecular flexibility index (Phi) is 4.72. The summed E-state index contributed by atoms with van der Waals surface area (Å²) in [6.45, 7) is 11.9. The molecule has 0 aromatic heterocycles. The molecule has 0 bridgehead atoms. The monoisotopic (exact) mass is 288 g/mol. The molecule has 1 aliphatic heterocycles. The van der Waals surface area contributed by atoms with E-state index >= 15 is 0 Å². The number of nitrogens with one attached hydrogen (secondary N) is 2. The number of amides is 1. The van der Waals surface area contributed by atoms with E-state index in [4.69, 9.17) is 0 Å². The summed E-state index contributed by atoms with van der Waals surface area (Å²) in [6.07, 6.45) is 2.08. The summed E-state index contributed by atoms with van der Waals surface area (Å²) in [6, 6.07) is 6.13. The highest BCUT2D eigenvalue weighted by atomic mass is 16.2. The van der Waals surface area contributed by atoms with Gasteiger partial charge in [0, 0.05) is 5.69 Å². The Balaban J connectivity index is 2.11. The zero-order valence-electron chi connectivity index (χ0n) is 13.9. The minimum atomic E-state index is -0.0619. The minimum Gasteiger partial charge on any atom is -0.325 e. The van der Waals surface area contributed by atoms with E-state index in [0.29, 0.717) is 5.92 Å². The van der Waals surface area contributed by atoms with Gasteiger partial charge in [-0.15, -0.1) is 0 Å². The maximum absolute atomic E-state index is 12.4. The number of carbonyl (C=O) groups excluding carboxylic acids is 1. The van der Waals surface area contributed by atoms with Crippen LogP contribution in [0.1, 0.15) is 51.7 Å². The normalized spacial score (nSPS) is 22.9. The molecule has 116 valence electrons. The molecule has 1 heterocycles. The van der Waals surface area contributed by atoms with Crippen LogP contribution < -0.4 is 10.6 Å². The fraction of sp³-hybridized carbons (Fsp3) is 0.611. The summed E-state index contributed by atoms with van der Waals surface area (Å²) in [7, 11) is 0. The Labute approximate surface area is 128 Å². The third kappa shape index (κ3) is 4.07. The molecule has 2 N–H and O–H groups in total. The van der Waals surface area contributed by atoms with Crippen molar-refractivity contribution in [3.8, 4) is 0 Å². The second-order valence-corrected chi connectivity index (χ2v) is 7.41. The Hall–Kier alpha value is -1.35. The highest BCUT2D eigenvalue weighted by Gasteiger charge is 2.25. The van der Waals surface area contributed by atoms with E-state index in [9.17, 15) is 4.79 Å². The molecule has 0 radical (unpaired) electrons. The number of carbonyl (C=O) groups is 1. The molecule has 0 aliphatic carbocycles. The minimum absolute atomic E-state index is 0.0619. The molecule has 1 fully saturated rings. The van der Waals surface area contributed by atoms with Gasteiger partial charge >= 0.3 is 0 Å². The SMILES string of the molecule is Cc1ccc(NC(=O)C2CC(C)CCN2)cc1C(C)(C)C. The Morgan fingerprint density at radius 2 is 2.05 bits per heavy atom. The third-order valence-electron chi connectivity index (χ3n) is 4.30. The van der Waals surface area contributed by atoms with E-state index in [2.05, 4.69) is 57.4 Å². The van der Waals surface area contributed by atoms with E-state index < -0.39 is 0 Å². The van der Waals surface area contributed by atoms with Gasteiger partial charge in [0.25, 0.3) is 0 Å². The zero-order chi connectivity index (χ0) is 15.6. The quantitative estimate of drug-likeness (QED) is 0.872. The summed E-state index contributed by atoms with van der Waals surface area (Å²) in [5.41, 5.74) is 3.54. The number of hydrogen-bond acceptors (Lipinski definition) is 2. The fourth-order valence-electron chi connectivity index (χ4n) is 3.04. The number of benzene rings is 1. The average molecular weight is 288 g/mol. The second kappa shape index (κ2) is 6.18. The van der Waals surface area contributed by atoms with E-state index in [1.165, 1.54) is 11.1 Å². The Bertz CT molecular complexity index is 516. The highest BCUT2D eigenvalue weighted by Crippen LogP contribution is 2.28. The summed E-state index contributed by atoms with van der Waals surface area (Å²) in [4.78, 5) is 12.4. The largest absolute Gasteiger partial charge is 0.325 e. The molecule has 2 rings (SSSR count). The molecule has 2 unspecified atom stereocenters. The van der Waals surface area contributed by atoms with Crippen LogP contribution in [-0.4, -0.2) is 18.5 Å². The van der Waals surface area contributed by atoms with Gasteiger partial charge in [-0.05, 0) is 60.9 Å². The first kappa shape index (κ1) is 16.0. The van der Waals surface area contributed by atoms with Gasteiger partial charge < -0.3 is 10.6 Å². The first-order valence-corrected chi connectivity index (χ1v) is 7.93. The molecular formula is C18H28N2O. The predicted molar refractivity (Wildman–Crippen MR) is 88.7 cm³/mol. The van der Waals surface area contributed by atoms with Crippen LogP contribution >= 0.6 is 0 Å². The smallest absolute Gasteiger partial charge is 0.241 e. The van der Waals surface area contributed by atoms with Crippen molar-refractivity contribution in [3.63, 3.8) is 0 Å². The molecule has 1 saturated heterocycles. The first-order chi connectivity index (χ1) is 9.77. The van der Waals surface area contributed by atoms with Gasteiger partial charge in [0.1, 0.15) is 0 Å². The summed E-state index contributed by atoms with van der Waals surface area (Å²) in [5, 5.41) is 6.38. The standard InChI is InChI=1S/C18H28N2O/c1-12-8-9-19-16(10-12)17(21)20-14-7-6-13(2)15(11-14)18(3,4)5/h6-7,11-12,16,19H,8-10H2,1-5H3,(H,20,21). The van der Waals surface area contributed by atoms with E-state index in [1.54, 1.807) is 0 Å². The fourth-order valence-corrected chi connectivity index (χ4v) is 3.04. The maximum Gasteiger partial charge on any atom is 0.241 e. The van der Waals surface area contributed by atoms with Gasteiger partial charge in [0.15, 0.2) is 0 Å². The number of aryl methyl sites for hydroxylation is 1. The molecular weight excluding hydrogens is 260 g/mol. The predicted octanol–water partition coefficient (Wildman–Crippen LogP) is 3.62. The van der Waals surface area contributed by atoms with E-state index in [0.717, 1.165) is 25.1 Å². The van der Waals surface area contributed by atoms with Crippen molar-refractivity contribution in [1.82, 2.24) is 5.32 Å². The van der Waals surface area contributed by atoms with E-state index in [-0.39, 0.29) is 17.4 Å². The molecule has 0 spiro atoms. The van der Waals surface area contributed by atoms with Crippen LogP contribution in [0.2, 0.25) is 0 Å². The van der Waals surface area contributed by atoms with Crippen molar-refractivity contribution < 1.29 is 4.79 Å². The van der Waals surface area contributed by atoms with Crippen LogP contribution in [-0.2, 0) is 10.2 Å². The van der Waals surface area contributed by atoms with Gasteiger partial charge in [-0.3, -0.25) is 4.79 Å². The third-order valence-corrected chi connectivity index (χ3v) is 4.30. The van der Waals surface area contributed by atoms with Gasteiger partial charge in [-0.25, -0.2) is 0 Å². The van der Waals surface area contributed by atoms with Gasteiger partial charge in [-0.2, -0.15) is 0 Å². The van der Waals surface area contributed by atoms with Crippen LogP contribution in [0.25, 0.3) is 0 Å². The Morgan fingerprint density at radius 3 is 2.67 bits per heavy atom. The maximum atomic E-state index is 12.4. The van der Waals surface area contributed by atoms with Crippen molar-refractivity contribution in [2.45, 2.75) is 58.9 Å². The lowest BCUT2D eigenvalue weighted by molar-refractivity contribution is -0.119. The lowest BCUT2D eigenvalue weighted by atomic mass is 9.84. The molecule has 1 aliphatic rings. The lowest BCUT2D eigenvalue weighted by Crippen LogP contribution is -2.45. The van der Waals surface area contributed by atoms with Crippen molar-refractivity contribution >= 4 is 11.6 Å². The van der Waals surface area contributed by atoms with E-state index in [1.807, 2.05) is 6.07 Å². The zero-order valence-corrected chi connectivity index (χ0v) is 13.9. The van der Waals surface area contributed by atoms with Crippen molar-refractivity contribution in [2.75, 3.05) is 11.9 Å². The van der Waals surface area contributed by atoms with Crippen LogP contribution in [0.4, 0.5) is 5.69 Å². The number of rotatable bonds is 2. The van der Waals surface area contributed by atoms with Crippen LogP contribution in [0.15, 0.2) is 18.2 Å². The number of anilines is 1. The summed E-state index contributed by atoms with van der Waals surface area (Å²) in [5.74, 6) is 0.704. The number of hydrogen-bond donors (Lipinski definition) is 2. The van der Waals surface area contributed by atoms with Gasteiger partial charge in [0.05, 0.1) is 6.04 Å². The van der Waals surface area contributed by atoms with Gasteiger partial charge in [0.2, 0.25) is 5.91 Å². The Morgan fingerprint density at radius 1 is 1.33 bits per heavy atom. The molecule has 21 heavy (non-hydrogen) atoms. The van der Waals surface area contributed by atoms with Gasteiger partial charge in [-0.1, -0.05) is 33.8 Å². The van der Waals surface area contributed by atoms with Crippen LogP contribution in [0.5, 0.6) is 0 Å². The average Bonchev–Trinajstić information content (AvgIpc) is 2.39. The number of piperidine rings is 1.